The Balaban J connectivity index is 1.13. The summed E-state index contributed by atoms with van der Waals surface area (Å²) in [5.41, 5.74) is 3.71. The first kappa shape index (κ1) is 34.9. The largest absolute Gasteiger partial charge is 0.465 e. The molecule has 2 heterocycles. The number of amides is 3. The first-order chi connectivity index (χ1) is 24.3. The van der Waals surface area contributed by atoms with E-state index in [1.807, 2.05) is 47.8 Å². The normalized spacial score (nSPS) is 14.6. The molecule has 3 N–H and O–H groups in total. The van der Waals surface area contributed by atoms with Crippen molar-refractivity contribution in [3.8, 4) is 0 Å². The number of nitrogens with one attached hydrogen (secondary N) is 3. The van der Waals surface area contributed by atoms with E-state index in [0.29, 0.717) is 27.7 Å². The number of hydrogen-bond acceptors (Lipinski definition) is 8. The van der Waals surface area contributed by atoms with Crippen molar-refractivity contribution >= 4 is 74.9 Å². The Morgan fingerprint density at radius 1 is 0.920 bits per heavy atom. The second-order valence-corrected chi connectivity index (χ2v) is 15.2. The van der Waals surface area contributed by atoms with Gasteiger partial charge >= 0.3 is 5.97 Å². The van der Waals surface area contributed by atoms with Crippen LogP contribution in [0, 0.1) is 0 Å². The van der Waals surface area contributed by atoms with Gasteiger partial charge in [-0.1, -0.05) is 60.7 Å². The Morgan fingerprint density at radius 2 is 1.68 bits per heavy atom. The van der Waals surface area contributed by atoms with Crippen molar-refractivity contribution in [2.45, 2.75) is 42.2 Å². The number of rotatable bonds is 11. The van der Waals surface area contributed by atoms with Gasteiger partial charge in [-0.25, -0.2) is 4.79 Å². The second kappa shape index (κ2) is 16.2. The summed E-state index contributed by atoms with van der Waals surface area (Å²) in [6.07, 6.45) is 4.08. The molecular formula is C39H35N3O5S3. The van der Waals surface area contributed by atoms with Crippen LogP contribution in [-0.4, -0.2) is 36.1 Å². The van der Waals surface area contributed by atoms with E-state index < -0.39 is 23.0 Å². The highest BCUT2D eigenvalue weighted by molar-refractivity contribution is 8.00. The van der Waals surface area contributed by atoms with E-state index >= 15 is 0 Å². The molecule has 11 heteroatoms. The minimum absolute atomic E-state index is 0.0993. The third-order valence-corrected chi connectivity index (χ3v) is 11.4. The maximum atomic E-state index is 13.5. The fraction of sp³-hybridized carbons (Fsp3) is 0.179. The van der Waals surface area contributed by atoms with Crippen molar-refractivity contribution in [2.24, 2.45) is 0 Å². The van der Waals surface area contributed by atoms with Crippen molar-refractivity contribution in [3.63, 3.8) is 0 Å². The highest BCUT2D eigenvalue weighted by atomic mass is 32.2. The molecule has 3 amide bonds. The number of carbonyl (C=O) groups is 4. The first-order valence-electron chi connectivity index (χ1n) is 16.1. The summed E-state index contributed by atoms with van der Waals surface area (Å²) in [4.78, 5) is 55.5. The molecule has 0 fully saturated rings. The maximum absolute atomic E-state index is 13.5. The Morgan fingerprint density at radius 3 is 2.40 bits per heavy atom. The lowest BCUT2D eigenvalue weighted by Gasteiger charge is -2.22. The number of methoxy groups -OCH3 is 1. The third kappa shape index (κ3) is 8.42. The molecule has 3 aromatic carbocycles. The van der Waals surface area contributed by atoms with Gasteiger partial charge < -0.3 is 20.7 Å². The molecule has 254 valence electrons. The predicted molar refractivity (Wildman–Crippen MR) is 202 cm³/mol. The summed E-state index contributed by atoms with van der Waals surface area (Å²) in [6.45, 7) is 1.79. The van der Waals surface area contributed by atoms with Crippen LogP contribution in [0.15, 0.2) is 113 Å². The lowest BCUT2D eigenvalue weighted by Crippen LogP contribution is -2.30. The van der Waals surface area contributed by atoms with Crippen LogP contribution < -0.4 is 16.0 Å². The molecule has 0 saturated heterocycles. The summed E-state index contributed by atoms with van der Waals surface area (Å²) in [7, 11) is 1.36. The lowest BCUT2D eigenvalue weighted by molar-refractivity contribution is -0.115. The van der Waals surface area contributed by atoms with Gasteiger partial charge in [0.15, 0.2) is 0 Å². The summed E-state index contributed by atoms with van der Waals surface area (Å²) in [5.74, 6) is -1.24. The summed E-state index contributed by atoms with van der Waals surface area (Å²) in [6, 6.07) is 30.0. The van der Waals surface area contributed by atoms with E-state index in [4.69, 9.17) is 4.74 Å². The van der Waals surface area contributed by atoms with Crippen molar-refractivity contribution in [1.82, 2.24) is 5.32 Å². The van der Waals surface area contributed by atoms with Gasteiger partial charge in [-0.15, -0.1) is 34.4 Å². The van der Waals surface area contributed by atoms with Crippen LogP contribution in [0.1, 0.15) is 60.9 Å². The van der Waals surface area contributed by atoms with Crippen LogP contribution in [0.25, 0.3) is 6.08 Å². The summed E-state index contributed by atoms with van der Waals surface area (Å²) < 4.78 is 5.14. The van der Waals surface area contributed by atoms with E-state index in [1.54, 1.807) is 55.5 Å². The molecule has 0 bridgehead atoms. The Hall–Kier alpha value is -4.97. The number of benzene rings is 3. The smallest absolute Gasteiger partial charge is 0.341 e. The van der Waals surface area contributed by atoms with Gasteiger partial charge in [0.2, 0.25) is 5.91 Å². The van der Waals surface area contributed by atoms with Gasteiger partial charge in [0.1, 0.15) is 10.7 Å². The SMILES string of the molecule is COC(=O)c1c(NC(=O)C(C)Sc2cccc(NC(=O)/C(=C/c3cccs3)NC(=O)c3ccccc3)c2)sc2c1CCC(c1ccccc1)C2. The zero-order valence-corrected chi connectivity index (χ0v) is 29.9. The van der Waals surface area contributed by atoms with E-state index in [2.05, 4.69) is 28.1 Å². The number of ether oxygens (including phenoxy) is 1. The van der Waals surface area contributed by atoms with E-state index in [9.17, 15) is 19.2 Å². The van der Waals surface area contributed by atoms with Gasteiger partial charge in [-0.05, 0) is 91.1 Å². The highest BCUT2D eigenvalue weighted by Crippen LogP contribution is 2.43. The van der Waals surface area contributed by atoms with Gasteiger partial charge in [-0.3, -0.25) is 14.4 Å². The highest BCUT2D eigenvalue weighted by Gasteiger charge is 2.31. The predicted octanol–water partition coefficient (Wildman–Crippen LogP) is 8.40. The average Bonchev–Trinajstić information content (AvgIpc) is 3.79. The maximum Gasteiger partial charge on any atom is 0.341 e. The van der Waals surface area contributed by atoms with Gasteiger partial charge in [-0.2, -0.15) is 0 Å². The second-order valence-electron chi connectivity index (χ2n) is 11.7. The number of carbonyl (C=O) groups excluding carboxylic acids is 4. The molecule has 2 atom stereocenters. The van der Waals surface area contributed by atoms with Gasteiger partial charge in [0.25, 0.3) is 11.8 Å². The zero-order valence-electron chi connectivity index (χ0n) is 27.4. The lowest BCUT2D eigenvalue weighted by atomic mass is 9.83. The van der Waals surface area contributed by atoms with Crippen molar-refractivity contribution < 1.29 is 23.9 Å². The van der Waals surface area contributed by atoms with Crippen LogP contribution in [0.4, 0.5) is 10.7 Å². The molecule has 0 radical (unpaired) electrons. The van der Waals surface area contributed by atoms with Crippen molar-refractivity contribution in [1.29, 1.82) is 0 Å². The fourth-order valence-corrected chi connectivity index (χ4v) is 8.68. The average molecular weight is 722 g/mol. The molecule has 6 rings (SSSR count). The Kier molecular flexibility index (Phi) is 11.3. The molecule has 1 aliphatic carbocycles. The van der Waals surface area contributed by atoms with Crippen LogP contribution in [0.3, 0.4) is 0 Å². The summed E-state index contributed by atoms with van der Waals surface area (Å²) >= 11 is 4.22. The Labute approximate surface area is 303 Å². The molecule has 50 heavy (non-hydrogen) atoms. The molecule has 2 unspecified atom stereocenters. The van der Waals surface area contributed by atoms with Gasteiger partial charge in [0, 0.05) is 25.9 Å². The molecular weight excluding hydrogens is 687 g/mol. The van der Waals surface area contributed by atoms with Gasteiger partial charge in [0.05, 0.1) is 17.9 Å². The van der Waals surface area contributed by atoms with Crippen LogP contribution in [-0.2, 0) is 27.2 Å². The molecule has 0 saturated carbocycles. The van der Waals surface area contributed by atoms with Crippen molar-refractivity contribution in [2.75, 3.05) is 17.7 Å². The van der Waals surface area contributed by atoms with E-state index in [0.717, 1.165) is 39.5 Å². The molecule has 1 aliphatic rings. The first-order valence-corrected chi connectivity index (χ1v) is 18.6. The fourth-order valence-electron chi connectivity index (χ4n) is 5.78. The minimum atomic E-state index is -0.526. The number of esters is 1. The number of hydrogen-bond donors (Lipinski definition) is 3. The van der Waals surface area contributed by atoms with Crippen LogP contribution >= 0.6 is 34.4 Å². The third-order valence-electron chi connectivity index (χ3n) is 8.30. The zero-order chi connectivity index (χ0) is 35.0. The number of fused-ring (bicyclic) bond motifs is 1. The number of anilines is 2. The molecule has 8 nitrogen and oxygen atoms in total. The quantitative estimate of drug-likeness (QED) is 0.0718. The minimum Gasteiger partial charge on any atom is -0.465 e. The van der Waals surface area contributed by atoms with E-state index in [-0.39, 0.29) is 11.6 Å². The molecule has 2 aromatic heterocycles. The van der Waals surface area contributed by atoms with Crippen LogP contribution in [0.5, 0.6) is 0 Å². The molecule has 0 spiro atoms. The van der Waals surface area contributed by atoms with Crippen LogP contribution in [0.2, 0.25) is 0 Å². The topological polar surface area (TPSA) is 114 Å². The number of thioether (sulfide) groups is 1. The van der Waals surface area contributed by atoms with E-state index in [1.165, 1.54) is 47.1 Å². The number of thiophene rings is 2. The molecule has 5 aromatic rings. The summed E-state index contributed by atoms with van der Waals surface area (Å²) in [5, 5.41) is 10.5. The van der Waals surface area contributed by atoms with Crippen molar-refractivity contribution in [3.05, 3.63) is 140 Å². The molecule has 0 aliphatic heterocycles. The monoisotopic (exact) mass is 721 g/mol. The Bertz CT molecular complexity index is 2020. The standard InChI is InChI=1S/C39H35N3O5S3/c1-24(35(43)42-38-34(39(46)47-2)31-19-18-27(21-33(31)50-38)25-11-5-3-6-12-25)49-30-16-9-15-28(22-30)40-37(45)32(23-29-17-10-20-48-29)41-36(44)26-13-7-4-8-14-26/h3-17,20,22-24,27H,18-19,21H2,1-2H3,(H,40,45)(H,41,44)(H,42,43)/b32-23-.